The largest absolute Gasteiger partial charge is 0.311 e. The number of hydrogen-bond acceptors (Lipinski definition) is 1. The smallest absolute Gasteiger partial charge is 0.113 e. The Labute approximate surface area is 156 Å². The Morgan fingerprint density at radius 1 is 0.462 bits per heavy atom. The predicted octanol–water partition coefficient (Wildman–Crippen LogP) is 5.62. The van der Waals surface area contributed by atoms with Crippen LogP contribution in [0, 0.1) is 0 Å². The van der Waals surface area contributed by atoms with Crippen LogP contribution in [0.3, 0.4) is 0 Å². The van der Waals surface area contributed by atoms with Crippen LogP contribution in [0.4, 0.5) is 17.1 Å². The minimum atomic E-state index is 0.754. The van der Waals surface area contributed by atoms with E-state index in [2.05, 4.69) is 71.6 Å². The number of anilines is 3. The van der Waals surface area contributed by atoms with Crippen molar-refractivity contribution >= 4 is 30.4 Å². The van der Waals surface area contributed by atoms with Gasteiger partial charge in [0.2, 0.25) is 0 Å². The van der Waals surface area contributed by atoms with E-state index in [1.54, 1.807) is 0 Å². The van der Waals surface area contributed by atoms with Crippen molar-refractivity contribution in [3.63, 3.8) is 0 Å². The van der Waals surface area contributed by atoms with Gasteiger partial charge in [-0.2, -0.15) is 0 Å². The molecule has 0 aliphatic heterocycles. The van der Waals surface area contributed by atoms with Gasteiger partial charge in [-0.25, -0.2) is 0 Å². The Kier molecular flexibility index (Phi) is 4.57. The molecule has 26 heavy (non-hydrogen) atoms. The highest BCUT2D eigenvalue weighted by Gasteiger charge is 2.12. The Morgan fingerprint density at radius 2 is 1.00 bits per heavy atom. The molecule has 0 heterocycles. The van der Waals surface area contributed by atoms with Crippen LogP contribution in [0.15, 0.2) is 109 Å². The van der Waals surface area contributed by atoms with Gasteiger partial charge in [0.15, 0.2) is 0 Å². The summed E-state index contributed by atoms with van der Waals surface area (Å²) >= 11 is 0. The topological polar surface area (TPSA) is 3.24 Å². The van der Waals surface area contributed by atoms with E-state index < -0.39 is 0 Å². The minimum absolute atomic E-state index is 0.754. The highest BCUT2D eigenvalue weighted by Crippen LogP contribution is 2.34. The van der Waals surface area contributed by atoms with Crippen molar-refractivity contribution in [2.45, 2.75) is 0 Å². The van der Waals surface area contributed by atoms with Crippen molar-refractivity contribution in [3.05, 3.63) is 109 Å². The van der Waals surface area contributed by atoms with Gasteiger partial charge in [0.25, 0.3) is 0 Å². The van der Waals surface area contributed by atoms with Gasteiger partial charge in [0, 0.05) is 17.1 Å². The number of hydrogen-bond donors (Lipinski definition) is 0. The maximum absolute atomic E-state index is 6.03. The van der Waals surface area contributed by atoms with Gasteiger partial charge in [-0.1, -0.05) is 78.3 Å². The summed E-state index contributed by atoms with van der Waals surface area (Å²) in [6.07, 6.45) is 0. The first kappa shape index (κ1) is 16.2. The summed E-state index contributed by atoms with van der Waals surface area (Å²) in [6, 6.07) is 37.3. The van der Waals surface area contributed by atoms with Gasteiger partial charge in [-0.3, -0.25) is 0 Å². The summed E-state index contributed by atoms with van der Waals surface area (Å²) in [5, 5.41) is 0. The molecule has 0 spiro atoms. The summed E-state index contributed by atoms with van der Waals surface area (Å²) < 4.78 is 0. The van der Waals surface area contributed by atoms with Crippen LogP contribution in [0.2, 0.25) is 0 Å². The van der Waals surface area contributed by atoms with E-state index in [-0.39, 0.29) is 0 Å². The molecule has 0 aromatic heterocycles. The van der Waals surface area contributed by atoms with Crippen LogP contribution < -0.4 is 10.4 Å². The molecule has 2 heteroatoms. The van der Waals surface area contributed by atoms with Crippen molar-refractivity contribution in [2.75, 3.05) is 4.90 Å². The fourth-order valence-corrected chi connectivity index (χ4v) is 3.12. The monoisotopic (exact) mass is 331 g/mol. The quantitative estimate of drug-likeness (QED) is 0.439. The standard InChI is InChI=1S/C24H18BN/c25-21-10-7-13-24(18-21)26(22-11-5-2-6-12-22)23-16-14-20(15-17-23)19-8-3-1-4-9-19/h1-18H. The third kappa shape index (κ3) is 3.40. The van der Waals surface area contributed by atoms with Gasteiger partial charge in [-0.15, -0.1) is 0 Å². The molecule has 0 saturated carbocycles. The minimum Gasteiger partial charge on any atom is -0.311 e. The highest BCUT2D eigenvalue weighted by molar-refractivity contribution is 6.32. The molecule has 0 fully saturated rings. The molecule has 0 bridgehead atoms. The van der Waals surface area contributed by atoms with Gasteiger partial charge >= 0.3 is 0 Å². The molecular weight excluding hydrogens is 313 g/mol. The Hall–Kier alpha value is -3.26. The fourth-order valence-electron chi connectivity index (χ4n) is 3.12. The van der Waals surface area contributed by atoms with E-state index in [4.69, 9.17) is 7.85 Å². The summed E-state index contributed by atoms with van der Waals surface area (Å²) in [4.78, 5) is 2.21. The first-order valence-electron chi connectivity index (χ1n) is 8.67. The van der Waals surface area contributed by atoms with E-state index in [1.807, 2.05) is 42.5 Å². The molecule has 0 N–H and O–H groups in total. The second-order valence-electron chi connectivity index (χ2n) is 6.18. The van der Waals surface area contributed by atoms with Crippen molar-refractivity contribution < 1.29 is 0 Å². The third-order valence-corrected chi connectivity index (χ3v) is 4.38. The van der Waals surface area contributed by atoms with E-state index in [0.29, 0.717) is 0 Å². The maximum Gasteiger partial charge on any atom is 0.113 e. The Balaban J connectivity index is 1.77. The number of nitrogens with zero attached hydrogens (tertiary/aromatic N) is 1. The van der Waals surface area contributed by atoms with Crippen LogP contribution in [-0.2, 0) is 0 Å². The predicted molar refractivity (Wildman–Crippen MR) is 112 cm³/mol. The van der Waals surface area contributed by atoms with E-state index in [0.717, 1.165) is 22.5 Å². The molecule has 4 aromatic carbocycles. The van der Waals surface area contributed by atoms with Crippen LogP contribution in [0.5, 0.6) is 0 Å². The van der Waals surface area contributed by atoms with Crippen molar-refractivity contribution in [1.29, 1.82) is 0 Å². The number of para-hydroxylation sites is 1. The van der Waals surface area contributed by atoms with Crippen molar-refractivity contribution in [1.82, 2.24) is 0 Å². The lowest BCUT2D eigenvalue weighted by Gasteiger charge is -2.26. The number of rotatable bonds is 4. The van der Waals surface area contributed by atoms with Gasteiger partial charge in [0.1, 0.15) is 7.85 Å². The fraction of sp³-hybridized carbons (Fsp3) is 0. The SMILES string of the molecule is [B]c1cccc(N(c2ccccc2)c2ccc(-c3ccccc3)cc2)c1. The number of benzene rings is 4. The van der Waals surface area contributed by atoms with Gasteiger partial charge in [-0.05, 0) is 47.5 Å². The molecule has 0 aliphatic rings. The lowest BCUT2D eigenvalue weighted by molar-refractivity contribution is 1.29. The highest BCUT2D eigenvalue weighted by atomic mass is 15.1. The molecule has 0 atom stereocenters. The van der Waals surface area contributed by atoms with Crippen molar-refractivity contribution in [3.8, 4) is 11.1 Å². The Bertz CT molecular complexity index is 979. The van der Waals surface area contributed by atoms with E-state index in [1.165, 1.54) is 11.1 Å². The first-order valence-corrected chi connectivity index (χ1v) is 8.67. The first-order chi connectivity index (χ1) is 12.8. The average Bonchev–Trinajstić information content (AvgIpc) is 2.70. The zero-order valence-corrected chi connectivity index (χ0v) is 14.4. The zero-order valence-electron chi connectivity index (χ0n) is 14.4. The van der Waals surface area contributed by atoms with Gasteiger partial charge < -0.3 is 4.90 Å². The summed E-state index contributed by atoms with van der Waals surface area (Å²) in [7, 11) is 6.03. The normalized spacial score (nSPS) is 10.5. The second-order valence-corrected chi connectivity index (χ2v) is 6.18. The lowest BCUT2D eigenvalue weighted by atomic mass is 9.95. The maximum atomic E-state index is 6.03. The molecule has 2 radical (unpaired) electrons. The summed E-state index contributed by atoms with van der Waals surface area (Å²) in [5.74, 6) is 0. The molecule has 122 valence electrons. The molecule has 0 saturated heterocycles. The average molecular weight is 331 g/mol. The van der Waals surface area contributed by atoms with Gasteiger partial charge in [0.05, 0.1) is 0 Å². The molecule has 0 aliphatic carbocycles. The molecule has 4 rings (SSSR count). The molecule has 1 nitrogen and oxygen atoms in total. The van der Waals surface area contributed by atoms with Crippen LogP contribution >= 0.6 is 0 Å². The summed E-state index contributed by atoms with van der Waals surface area (Å²) in [5.41, 5.74) is 6.42. The van der Waals surface area contributed by atoms with E-state index in [9.17, 15) is 0 Å². The second kappa shape index (κ2) is 7.32. The lowest BCUT2D eigenvalue weighted by Crippen LogP contribution is -2.12. The van der Waals surface area contributed by atoms with Crippen LogP contribution in [0.25, 0.3) is 11.1 Å². The molecule has 4 aromatic rings. The molecule has 0 unspecified atom stereocenters. The zero-order chi connectivity index (χ0) is 17.8. The van der Waals surface area contributed by atoms with Crippen molar-refractivity contribution in [2.24, 2.45) is 0 Å². The van der Waals surface area contributed by atoms with Crippen LogP contribution in [-0.4, -0.2) is 7.85 Å². The molecule has 0 amide bonds. The van der Waals surface area contributed by atoms with E-state index >= 15 is 0 Å². The third-order valence-electron chi connectivity index (χ3n) is 4.38. The van der Waals surface area contributed by atoms with Crippen LogP contribution in [0.1, 0.15) is 0 Å². The Morgan fingerprint density at radius 3 is 1.65 bits per heavy atom. The summed E-state index contributed by atoms with van der Waals surface area (Å²) in [6.45, 7) is 0. The molecular formula is C24H18BN.